The van der Waals surface area contributed by atoms with Crippen LogP contribution in [0.3, 0.4) is 0 Å². The number of hydrogen-bond acceptors (Lipinski definition) is 4. The van der Waals surface area contributed by atoms with E-state index in [1.807, 2.05) is 54.1 Å². The van der Waals surface area contributed by atoms with E-state index in [4.69, 9.17) is 0 Å². The summed E-state index contributed by atoms with van der Waals surface area (Å²) in [7, 11) is 0. The smallest absolute Gasteiger partial charge is 0.265 e. The number of anilines is 2. The summed E-state index contributed by atoms with van der Waals surface area (Å²) in [4.78, 5) is 13.2. The Kier molecular flexibility index (Phi) is 5.23. The number of aryl methyl sites for hydroxylation is 1. The van der Waals surface area contributed by atoms with Crippen LogP contribution in [0, 0.1) is 6.92 Å². The minimum Gasteiger partial charge on any atom is -0.330 e. The minimum atomic E-state index is -0.0823. The van der Waals surface area contributed by atoms with E-state index in [-0.39, 0.29) is 5.91 Å². The average molecular weight is 355 g/mol. The normalized spacial score (nSPS) is 10.4. The number of carbonyl (C=O) groups is 1. The highest BCUT2D eigenvalue weighted by molar-refractivity contribution is 7.99. The lowest BCUT2D eigenvalue weighted by Gasteiger charge is -2.07. The Labute approximate surface area is 150 Å². The van der Waals surface area contributed by atoms with Crippen molar-refractivity contribution >= 4 is 40.6 Å². The van der Waals surface area contributed by atoms with Crippen molar-refractivity contribution in [1.82, 2.24) is 0 Å². The number of thiophene rings is 1. The minimum absolute atomic E-state index is 0.0823. The summed E-state index contributed by atoms with van der Waals surface area (Å²) in [6.07, 6.45) is 1.96. The number of benzene rings is 2. The molecule has 3 rings (SSSR count). The number of amides is 1. The third-order valence-electron chi connectivity index (χ3n) is 3.62. The second-order valence-electron chi connectivity index (χ2n) is 5.36. The van der Waals surface area contributed by atoms with Crippen molar-refractivity contribution in [1.29, 1.82) is 0 Å². The molecule has 5 heteroatoms. The molecule has 0 atom stereocenters. The van der Waals surface area contributed by atoms with Crippen molar-refractivity contribution in [3.05, 3.63) is 70.4 Å². The first-order valence-corrected chi connectivity index (χ1v) is 9.63. The Morgan fingerprint density at radius 2 is 1.83 bits per heavy atom. The topological polar surface area (TPSA) is 41.1 Å². The molecule has 1 amide bonds. The Bertz CT molecular complexity index is 858. The lowest BCUT2D eigenvalue weighted by Crippen LogP contribution is -2.10. The predicted octanol–water partition coefficient (Wildman–Crippen LogP) is 5.67. The molecule has 0 fully saturated rings. The number of rotatable bonds is 5. The van der Waals surface area contributed by atoms with Gasteiger partial charge in [0, 0.05) is 17.6 Å². The predicted molar refractivity (Wildman–Crippen MR) is 106 cm³/mol. The second-order valence-corrected chi connectivity index (χ2v) is 6.88. The fourth-order valence-corrected chi connectivity index (χ4v) is 3.63. The van der Waals surface area contributed by atoms with Gasteiger partial charge in [-0.15, -0.1) is 11.3 Å². The van der Waals surface area contributed by atoms with Gasteiger partial charge in [0.1, 0.15) is 0 Å². The molecule has 0 saturated heterocycles. The molecule has 0 aliphatic carbocycles. The molecule has 0 aliphatic rings. The van der Waals surface area contributed by atoms with Gasteiger partial charge >= 0.3 is 0 Å². The highest BCUT2D eigenvalue weighted by Gasteiger charge is 2.11. The Morgan fingerprint density at radius 3 is 2.62 bits per heavy atom. The maximum atomic E-state index is 12.5. The van der Waals surface area contributed by atoms with Gasteiger partial charge in [0.15, 0.2) is 0 Å². The van der Waals surface area contributed by atoms with E-state index in [9.17, 15) is 4.79 Å². The first kappa shape index (κ1) is 16.6. The van der Waals surface area contributed by atoms with Gasteiger partial charge in [0.2, 0.25) is 0 Å². The lowest BCUT2D eigenvalue weighted by atomic mass is 10.0. The molecule has 0 bridgehead atoms. The van der Waals surface area contributed by atoms with Gasteiger partial charge in [-0.2, -0.15) is 0 Å². The molecule has 0 unspecified atom stereocenters. The summed E-state index contributed by atoms with van der Waals surface area (Å²) >= 11 is 2.98. The Morgan fingerprint density at radius 1 is 1.04 bits per heavy atom. The number of carbonyl (C=O) groups excluding carboxylic acids is 1. The molecular weight excluding hydrogens is 336 g/mol. The first-order valence-electron chi connectivity index (χ1n) is 7.52. The van der Waals surface area contributed by atoms with Gasteiger partial charge in [-0.25, -0.2) is 0 Å². The molecule has 0 spiro atoms. The quantitative estimate of drug-likeness (QED) is 0.580. The molecule has 122 valence electrons. The van der Waals surface area contributed by atoms with E-state index < -0.39 is 0 Å². The van der Waals surface area contributed by atoms with Crippen LogP contribution in [0.2, 0.25) is 0 Å². The van der Waals surface area contributed by atoms with E-state index in [2.05, 4.69) is 29.1 Å². The average Bonchev–Trinajstić information content (AvgIpc) is 3.06. The molecule has 1 aromatic heterocycles. The van der Waals surface area contributed by atoms with Gasteiger partial charge < -0.3 is 10.0 Å². The van der Waals surface area contributed by atoms with E-state index in [1.54, 1.807) is 0 Å². The second kappa shape index (κ2) is 7.55. The number of nitrogens with one attached hydrogen (secondary N) is 2. The molecule has 3 nitrogen and oxygen atoms in total. The van der Waals surface area contributed by atoms with Crippen molar-refractivity contribution in [2.75, 3.05) is 16.3 Å². The molecule has 0 aliphatic heterocycles. The summed E-state index contributed by atoms with van der Waals surface area (Å²) in [6.45, 7) is 2.08. The maximum absolute atomic E-state index is 12.5. The van der Waals surface area contributed by atoms with Gasteiger partial charge in [0.25, 0.3) is 5.91 Å². The van der Waals surface area contributed by atoms with Gasteiger partial charge in [0.05, 0.1) is 4.88 Å². The van der Waals surface area contributed by atoms with Gasteiger partial charge in [-0.05, 0) is 53.3 Å². The van der Waals surface area contributed by atoms with Crippen LogP contribution in [0.1, 0.15) is 15.2 Å². The Balaban J connectivity index is 1.77. The zero-order valence-corrected chi connectivity index (χ0v) is 15.1. The SMILES string of the molecule is CSNc1cccc(NC(=O)c2cc(-c3ccccc3C)cs2)c1. The van der Waals surface area contributed by atoms with Crippen LogP contribution < -0.4 is 10.0 Å². The fraction of sp³-hybridized carbons (Fsp3) is 0.105. The molecule has 0 saturated carbocycles. The monoisotopic (exact) mass is 354 g/mol. The van der Waals surface area contributed by atoms with E-state index in [0.29, 0.717) is 4.88 Å². The highest BCUT2D eigenvalue weighted by Crippen LogP contribution is 2.28. The standard InChI is InChI=1S/C19H18N2OS2/c1-13-6-3-4-9-17(13)14-10-18(24-12-14)19(22)20-15-7-5-8-16(11-15)21-23-2/h3-12,21H,1-2H3,(H,20,22). The van der Waals surface area contributed by atoms with Crippen molar-refractivity contribution in [3.63, 3.8) is 0 Å². The highest BCUT2D eigenvalue weighted by atomic mass is 32.2. The molecule has 24 heavy (non-hydrogen) atoms. The molecule has 2 aromatic carbocycles. The van der Waals surface area contributed by atoms with Crippen molar-refractivity contribution < 1.29 is 4.79 Å². The van der Waals surface area contributed by atoms with E-state index >= 15 is 0 Å². The van der Waals surface area contributed by atoms with Crippen molar-refractivity contribution in [3.8, 4) is 11.1 Å². The molecular formula is C19H18N2OS2. The van der Waals surface area contributed by atoms with Crippen LogP contribution in [0.4, 0.5) is 11.4 Å². The number of hydrogen-bond donors (Lipinski definition) is 2. The van der Waals surface area contributed by atoms with Crippen LogP contribution in [0.15, 0.2) is 60.0 Å². The summed E-state index contributed by atoms with van der Waals surface area (Å²) in [5.74, 6) is -0.0823. The van der Waals surface area contributed by atoms with E-state index in [1.165, 1.54) is 34.4 Å². The summed E-state index contributed by atoms with van der Waals surface area (Å²) < 4.78 is 3.16. The first-order chi connectivity index (χ1) is 11.7. The summed E-state index contributed by atoms with van der Waals surface area (Å²) in [5, 5.41) is 4.99. The molecule has 1 heterocycles. The zero-order chi connectivity index (χ0) is 16.9. The molecule has 2 N–H and O–H groups in total. The third kappa shape index (κ3) is 3.80. The van der Waals surface area contributed by atoms with Gasteiger partial charge in [-0.3, -0.25) is 4.79 Å². The zero-order valence-electron chi connectivity index (χ0n) is 13.5. The van der Waals surface area contributed by atoms with Crippen molar-refractivity contribution in [2.45, 2.75) is 6.92 Å². The Hall–Kier alpha value is -2.24. The molecule has 0 radical (unpaired) electrons. The van der Waals surface area contributed by atoms with Crippen LogP contribution in [-0.2, 0) is 0 Å². The summed E-state index contributed by atoms with van der Waals surface area (Å²) in [6, 6.07) is 17.8. The largest absolute Gasteiger partial charge is 0.330 e. The van der Waals surface area contributed by atoms with Crippen molar-refractivity contribution in [2.24, 2.45) is 0 Å². The molecule has 3 aromatic rings. The maximum Gasteiger partial charge on any atom is 0.265 e. The van der Waals surface area contributed by atoms with Gasteiger partial charge in [-0.1, -0.05) is 42.3 Å². The summed E-state index contributed by atoms with van der Waals surface area (Å²) in [5.41, 5.74) is 5.20. The van der Waals surface area contributed by atoms with Crippen LogP contribution in [0.5, 0.6) is 0 Å². The lowest BCUT2D eigenvalue weighted by molar-refractivity contribution is 0.103. The van der Waals surface area contributed by atoms with Crippen LogP contribution in [-0.4, -0.2) is 12.2 Å². The fourth-order valence-electron chi connectivity index (χ4n) is 2.46. The van der Waals surface area contributed by atoms with Crippen LogP contribution in [0.25, 0.3) is 11.1 Å². The van der Waals surface area contributed by atoms with Crippen LogP contribution >= 0.6 is 23.3 Å². The van der Waals surface area contributed by atoms with E-state index in [0.717, 1.165) is 16.9 Å². The third-order valence-corrected chi connectivity index (χ3v) is 4.99.